The Bertz CT molecular complexity index is 516. The van der Waals surface area contributed by atoms with Gasteiger partial charge in [0.2, 0.25) is 5.91 Å². The molecule has 0 aliphatic carbocycles. The van der Waals surface area contributed by atoms with E-state index in [1.54, 1.807) is 32.3 Å². The van der Waals surface area contributed by atoms with Gasteiger partial charge < -0.3 is 15.3 Å². The number of hydrogen-bond acceptors (Lipinski definition) is 3. The zero-order valence-electron chi connectivity index (χ0n) is 9.98. The molecule has 1 aromatic rings. The van der Waals surface area contributed by atoms with E-state index >= 15 is 0 Å². The average molecular weight is 269 g/mol. The lowest BCUT2D eigenvalue weighted by molar-refractivity contribution is -0.142. The summed E-state index contributed by atoms with van der Waals surface area (Å²) in [5.74, 6) is -2.05. The summed E-state index contributed by atoms with van der Waals surface area (Å²) >= 11 is 5.90. The molecule has 5 nitrogen and oxygen atoms in total. The summed E-state index contributed by atoms with van der Waals surface area (Å²) in [5.41, 5.74) is 1.28. The Morgan fingerprint density at radius 3 is 2.61 bits per heavy atom. The van der Waals surface area contributed by atoms with E-state index in [0.29, 0.717) is 16.3 Å². The van der Waals surface area contributed by atoms with Crippen LogP contribution in [-0.2, 0) is 9.59 Å². The minimum Gasteiger partial charge on any atom is -0.480 e. The lowest BCUT2D eigenvalue weighted by Crippen LogP contribution is -2.39. The fraction of sp³-hybridized carbons (Fsp3) is 0.333. The van der Waals surface area contributed by atoms with Gasteiger partial charge in [0.1, 0.15) is 6.04 Å². The largest absolute Gasteiger partial charge is 0.480 e. The summed E-state index contributed by atoms with van der Waals surface area (Å²) in [6, 6.07) is 4.04. The van der Waals surface area contributed by atoms with E-state index in [1.165, 1.54) is 4.90 Å². The number of carboxylic acids is 1. The van der Waals surface area contributed by atoms with E-state index in [1.807, 2.05) is 0 Å². The van der Waals surface area contributed by atoms with Crippen molar-refractivity contribution in [3.63, 3.8) is 0 Å². The number of halogens is 1. The van der Waals surface area contributed by atoms with Crippen LogP contribution in [0.25, 0.3) is 0 Å². The van der Waals surface area contributed by atoms with E-state index in [9.17, 15) is 14.7 Å². The highest BCUT2D eigenvalue weighted by atomic mass is 35.5. The van der Waals surface area contributed by atoms with E-state index in [2.05, 4.69) is 5.32 Å². The van der Waals surface area contributed by atoms with Gasteiger partial charge in [-0.2, -0.15) is 0 Å². The van der Waals surface area contributed by atoms with Crippen LogP contribution in [0, 0.1) is 0 Å². The Hall–Kier alpha value is -1.75. The van der Waals surface area contributed by atoms with Crippen molar-refractivity contribution >= 4 is 29.2 Å². The summed E-state index contributed by atoms with van der Waals surface area (Å²) in [7, 11) is 3.20. The van der Waals surface area contributed by atoms with Crippen LogP contribution in [0.4, 0.5) is 5.69 Å². The van der Waals surface area contributed by atoms with Crippen LogP contribution < -0.4 is 5.32 Å². The molecule has 0 spiro atoms. The first kappa shape index (κ1) is 12.7. The standard InChI is InChI=1S/C12H13ClN2O3/c1-15(2)11(16)9-7-5-6(13)3-4-8(7)14-10(9)12(17)18/h3-5,9-10,14H,1-2H3,(H,17,18). The van der Waals surface area contributed by atoms with E-state index < -0.39 is 17.9 Å². The topological polar surface area (TPSA) is 69.6 Å². The third-order valence-electron chi connectivity index (χ3n) is 2.97. The maximum atomic E-state index is 12.1. The number of hydrogen-bond donors (Lipinski definition) is 2. The molecule has 0 fully saturated rings. The second kappa shape index (κ2) is 4.49. The Labute approximate surface area is 109 Å². The molecule has 1 heterocycles. The highest BCUT2D eigenvalue weighted by Crippen LogP contribution is 2.38. The highest BCUT2D eigenvalue weighted by Gasteiger charge is 2.42. The van der Waals surface area contributed by atoms with Gasteiger partial charge in [0, 0.05) is 24.8 Å². The van der Waals surface area contributed by atoms with Crippen molar-refractivity contribution in [3.05, 3.63) is 28.8 Å². The average Bonchev–Trinajstić information content (AvgIpc) is 2.66. The van der Waals surface area contributed by atoms with Gasteiger partial charge >= 0.3 is 5.97 Å². The first-order valence-electron chi connectivity index (χ1n) is 5.41. The van der Waals surface area contributed by atoms with E-state index in [0.717, 1.165) is 0 Å². The van der Waals surface area contributed by atoms with Crippen LogP contribution in [0.1, 0.15) is 11.5 Å². The summed E-state index contributed by atoms with van der Waals surface area (Å²) in [6.45, 7) is 0. The normalized spacial score (nSPS) is 21.1. The molecule has 0 saturated carbocycles. The maximum Gasteiger partial charge on any atom is 0.327 e. The molecule has 1 aliphatic heterocycles. The van der Waals surface area contributed by atoms with Crippen LogP contribution in [0.15, 0.2) is 18.2 Å². The third-order valence-corrected chi connectivity index (χ3v) is 3.20. The minimum atomic E-state index is -1.05. The lowest BCUT2D eigenvalue weighted by atomic mass is 9.94. The molecule has 18 heavy (non-hydrogen) atoms. The molecule has 1 aliphatic rings. The summed E-state index contributed by atoms with van der Waals surface area (Å²) in [4.78, 5) is 24.7. The molecule has 2 atom stereocenters. The number of nitrogens with zero attached hydrogens (tertiary/aromatic N) is 1. The van der Waals surface area contributed by atoms with Crippen molar-refractivity contribution in [2.45, 2.75) is 12.0 Å². The highest BCUT2D eigenvalue weighted by molar-refractivity contribution is 6.30. The van der Waals surface area contributed by atoms with Gasteiger partial charge in [-0.05, 0) is 23.8 Å². The fourth-order valence-corrected chi connectivity index (χ4v) is 2.29. The Morgan fingerprint density at radius 1 is 1.39 bits per heavy atom. The Morgan fingerprint density at radius 2 is 2.06 bits per heavy atom. The summed E-state index contributed by atoms with van der Waals surface area (Å²) in [5, 5.41) is 12.5. The number of benzene rings is 1. The van der Waals surface area contributed by atoms with Crippen molar-refractivity contribution in [3.8, 4) is 0 Å². The van der Waals surface area contributed by atoms with Crippen molar-refractivity contribution < 1.29 is 14.7 Å². The number of nitrogens with one attached hydrogen (secondary N) is 1. The monoisotopic (exact) mass is 268 g/mol. The SMILES string of the molecule is CN(C)C(=O)C1c2cc(Cl)ccc2NC1C(=O)O. The van der Waals surface area contributed by atoms with Gasteiger partial charge in [0.05, 0.1) is 5.92 Å². The molecular formula is C12H13ClN2O3. The molecule has 6 heteroatoms. The lowest BCUT2D eigenvalue weighted by Gasteiger charge is -2.20. The number of anilines is 1. The predicted octanol–water partition coefficient (Wildman–Crippen LogP) is 1.39. The second-order valence-electron chi connectivity index (χ2n) is 4.40. The van der Waals surface area contributed by atoms with Gasteiger partial charge in [0.15, 0.2) is 0 Å². The Balaban J connectivity index is 2.48. The quantitative estimate of drug-likeness (QED) is 0.850. The number of fused-ring (bicyclic) bond motifs is 1. The van der Waals surface area contributed by atoms with Crippen LogP contribution >= 0.6 is 11.6 Å². The smallest absolute Gasteiger partial charge is 0.327 e. The zero-order chi connectivity index (χ0) is 13.4. The van der Waals surface area contributed by atoms with Crippen molar-refractivity contribution in [1.82, 2.24) is 4.90 Å². The molecule has 0 bridgehead atoms. The second-order valence-corrected chi connectivity index (χ2v) is 4.84. The molecule has 2 N–H and O–H groups in total. The number of carbonyl (C=O) groups excluding carboxylic acids is 1. The number of likely N-dealkylation sites (N-methyl/N-ethyl adjacent to an activating group) is 1. The minimum absolute atomic E-state index is 0.254. The van der Waals surface area contributed by atoms with Crippen LogP contribution in [0.5, 0.6) is 0 Å². The molecule has 2 unspecified atom stereocenters. The molecule has 2 rings (SSSR count). The zero-order valence-corrected chi connectivity index (χ0v) is 10.7. The first-order chi connectivity index (χ1) is 8.41. The van der Waals surface area contributed by atoms with E-state index in [-0.39, 0.29) is 5.91 Å². The molecule has 0 radical (unpaired) electrons. The van der Waals surface area contributed by atoms with Crippen LogP contribution in [0.2, 0.25) is 5.02 Å². The number of aliphatic carboxylic acids is 1. The van der Waals surface area contributed by atoms with Crippen molar-refractivity contribution in [2.24, 2.45) is 0 Å². The van der Waals surface area contributed by atoms with Gasteiger partial charge in [-0.15, -0.1) is 0 Å². The maximum absolute atomic E-state index is 12.1. The van der Waals surface area contributed by atoms with Crippen LogP contribution in [0.3, 0.4) is 0 Å². The fourth-order valence-electron chi connectivity index (χ4n) is 2.11. The predicted molar refractivity (Wildman–Crippen MR) is 67.9 cm³/mol. The number of amides is 1. The number of rotatable bonds is 2. The van der Waals surface area contributed by atoms with Gasteiger partial charge in [-0.25, -0.2) is 4.79 Å². The van der Waals surface area contributed by atoms with Crippen LogP contribution in [-0.4, -0.2) is 42.0 Å². The van der Waals surface area contributed by atoms with Gasteiger partial charge in [-0.3, -0.25) is 4.79 Å². The van der Waals surface area contributed by atoms with E-state index in [4.69, 9.17) is 11.6 Å². The number of carbonyl (C=O) groups is 2. The molecule has 1 aromatic carbocycles. The molecular weight excluding hydrogens is 256 g/mol. The molecule has 0 saturated heterocycles. The third kappa shape index (κ3) is 2.01. The molecule has 0 aromatic heterocycles. The number of carboxylic acid groups (broad SMARTS) is 1. The van der Waals surface area contributed by atoms with Crippen molar-refractivity contribution in [1.29, 1.82) is 0 Å². The van der Waals surface area contributed by atoms with Crippen molar-refractivity contribution in [2.75, 3.05) is 19.4 Å². The molecule has 1 amide bonds. The van der Waals surface area contributed by atoms with Gasteiger partial charge in [0.25, 0.3) is 0 Å². The Kier molecular flexibility index (Phi) is 3.17. The van der Waals surface area contributed by atoms with Gasteiger partial charge in [-0.1, -0.05) is 11.6 Å². The first-order valence-corrected chi connectivity index (χ1v) is 5.79. The summed E-state index contributed by atoms with van der Waals surface area (Å²) < 4.78 is 0. The molecule has 96 valence electrons. The summed E-state index contributed by atoms with van der Waals surface area (Å²) in [6.07, 6.45) is 0.